The Labute approximate surface area is 87.6 Å². The largest absolute Gasteiger partial charge is 0.279 e. The predicted molar refractivity (Wildman–Crippen MR) is 57.2 cm³/mol. The van der Waals surface area contributed by atoms with E-state index in [1.807, 2.05) is 48.6 Å². The highest BCUT2D eigenvalue weighted by atomic mass is 16.8. The normalized spacial score (nSPS) is 13.3. The molecule has 0 aliphatic carbocycles. The van der Waals surface area contributed by atoms with Crippen LogP contribution in [0.25, 0.3) is 0 Å². The molecule has 0 aromatic heterocycles. The van der Waals surface area contributed by atoms with Crippen molar-refractivity contribution in [1.82, 2.24) is 10.3 Å². The van der Waals surface area contributed by atoms with E-state index >= 15 is 0 Å². The number of hydrazine groups is 1. The first kappa shape index (κ1) is 13.8. The lowest BCUT2D eigenvalue weighted by molar-refractivity contribution is -0.425. The quantitative estimate of drug-likeness (QED) is 0.641. The average Bonchev–Trinajstić information content (AvgIpc) is 1.96. The molecule has 0 N–H and O–H groups in total. The Morgan fingerprint density at radius 2 is 1.71 bits per heavy atom. The van der Waals surface area contributed by atoms with Crippen molar-refractivity contribution >= 4 is 0 Å². The van der Waals surface area contributed by atoms with Gasteiger partial charge >= 0.3 is 0 Å². The summed E-state index contributed by atoms with van der Waals surface area (Å²) in [5.74, 6) is 0. The van der Waals surface area contributed by atoms with Crippen molar-refractivity contribution < 1.29 is 9.68 Å². The highest BCUT2D eigenvalue weighted by Gasteiger charge is 2.19. The lowest BCUT2D eigenvalue weighted by Gasteiger charge is -2.34. The second kappa shape index (κ2) is 5.66. The van der Waals surface area contributed by atoms with Crippen LogP contribution in [0.5, 0.6) is 0 Å². The third-order valence-electron chi connectivity index (χ3n) is 1.32. The van der Waals surface area contributed by atoms with E-state index in [2.05, 4.69) is 0 Å². The summed E-state index contributed by atoms with van der Waals surface area (Å²) in [5.41, 5.74) is -0.206. The molecule has 0 amide bonds. The molecule has 4 nitrogen and oxygen atoms in total. The molecule has 0 fully saturated rings. The van der Waals surface area contributed by atoms with E-state index in [0.29, 0.717) is 0 Å². The Morgan fingerprint density at radius 1 is 1.21 bits per heavy atom. The first-order valence-electron chi connectivity index (χ1n) is 5.13. The molecule has 0 heterocycles. The van der Waals surface area contributed by atoms with Gasteiger partial charge in [-0.25, -0.2) is 0 Å². The van der Waals surface area contributed by atoms with Crippen LogP contribution in [-0.4, -0.2) is 35.6 Å². The number of hydrogen-bond acceptors (Lipinski definition) is 4. The van der Waals surface area contributed by atoms with Gasteiger partial charge in [0.05, 0.1) is 11.7 Å². The smallest absolute Gasteiger partial charge is 0.0833 e. The van der Waals surface area contributed by atoms with E-state index in [1.165, 1.54) is 0 Å². The van der Waals surface area contributed by atoms with Crippen LogP contribution in [0.3, 0.4) is 0 Å². The maximum atomic E-state index is 5.63. The minimum atomic E-state index is -0.206. The summed E-state index contributed by atoms with van der Waals surface area (Å²) in [4.78, 5) is 11.2. The fraction of sp³-hybridized carbons (Fsp3) is 1.00. The Balaban J connectivity index is 4.10. The van der Waals surface area contributed by atoms with Gasteiger partial charge in [-0.15, -0.1) is 5.17 Å². The maximum absolute atomic E-state index is 5.63. The summed E-state index contributed by atoms with van der Waals surface area (Å²) in [7, 11) is 1.84. The summed E-state index contributed by atoms with van der Waals surface area (Å²) in [6.45, 7) is 12.8. The van der Waals surface area contributed by atoms with E-state index in [0.717, 1.165) is 6.54 Å². The van der Waals surface area contributed by atoms with Gasteiger partial charge in [-0.2, -0.15) is 0 Å². The second-order valence-corrected chi connectivity index (χ2v) is 4.49. The zero-order chi connectivity index (χ0) is 11.4. The van der Waals surface area contributed by atoms with E-state index < -0.39 is 0 Å². The van der Waals surface area contributed by atoms with E-state index in [-0.39, 0.29) is 11.7 Å². The summed E-state index contributed by atoms with van der Waals surface area (Å²) >= 11 is 0. The Kier molecular flexibility index (Phi) is 5.59. The predicted octanol–water partition coefficient (Wildman–Crippen LogP) is 2.23. The lowest BCUT2D eigenvalue weighted by Crippen LogP contribution is -2.45. The molecule has 0 saturated carbocycles. The van der Waals surface area contributed by atoms with Gasteiger partial charge in [-0.1, -0.05) is 5.17 Å². The molecule has 0 aromatic rings. The minimum Gasteiger partial charge on any atom is -0.279 e. The van der Waals surface area contributed by atoms with Crippen LogP contribution in [-0.2, 0) is 9.68 Å². The zero-order valence-electron chi connectivity index (χ0n) is 10.5. The van der Waals surface area contributed by atoms with Gasteiger partial charge in [0.15, 0.2) is 0 Å². The molecule has 0 spiro atoms. The van der Waals surface area contributed by atoms with Gasteiger partial charge in [0.25, 0.3) is 0 Å². The third-order valence-corrected chi connectivity index (χ3v) is 1.32. The summed E-state index contributed by atoms with van der Waals surface area (Å²) in [6.07, 6.45) is 0.154. The molecule has 0 radical (unpaired) electrons. The molecule has 0 bridgehead atoms. The molecule has 4 heteroatoms. The van der Waals surface area contributed by atoms with Gasteiger partial charge in [0.1, 0.15) is 0 Å². The molecule has 0 saturated heterocycles. The van der Waals surface area contributed by atoms with E-state index in [1.54, 1.807) is 10.3 Å². The average molecular weight is 204 g/mol. The highest BCUT2D eigenvalue weighted by molar-refractivity contribution is 4.56. The molecule has 0 aromatic carbocycles. The number of rotatable bonds is 5. The molecule has 0 rings (SSSR count). The van der Waals surface area contributed by atoms with Gasteiger partial charge in [0.2, 0.25) is 0 Å². The van der Waals surface area contributed by atoms with Crippen molar-refractivity contribution in [2.24, 2.45) is 0 Å². The summed E-state index contributed by atoms with van der Waals surface area (Å²) in [6, 6.07) is 0. The highest BCUT2D eigenvalue weighted by Crippen LogP contribution is 2.11. The van der Waals surface area contributed by atoms with Crippen molar-refractivity contribution in [1.29, 1.82) is 0 Å². The van der Waals surface area contributed by atoms with Crippen molar-refractivity contribution in [3.63, 3.8) is 0 Å². The Bertz CT molecular complexity index is 155. The van der Waals surface area contributed by atoms with Crippen LogP contribution in [0, 0.1) is 0 Å². The molecular weight excluding hydrogens is 180 g/mol. The van der Waals surface area contributed by atoms with Gasteiger partial charge < -0.3 is 0 Å². The van der Waals surface area contributed by atoms with E-state index in [4.69, 9.17) is 9.68 Å². The molecule has 0 aliphatic rings. The molecule has 0 aliphatic heterocycles. The van der Waals surface area contributed by atoms with Gasteiger partial charge in [-0.05, 0) is 41.5 Å². The van der Waals surface area contributed by atoms with Crippen LogP contribution in [0.2, 0.25) is 0 Å². The van der Waals surface area contributed by atoms with Crippen LogP contribution in [0.4, 0.5) is 0 Å². The number of hydroxylamine groups is 2. The molecule has 14 heavy (non-hydrogen) atoms. The number of nitrogens with zero attached hydrogens (tertiary/aromatic N) is 2. The topological polar surface area (TPSA) is 24.9 Å². The van der Waals surface area contributed by atoms with Crippen LogP contribution in [0.1, 0.15) is 41.5 Å². The first-order valence-corrected chi connectivity index (χ1v) is 5.13. The fourth-order valence-corrected chi connectivity index (χ4v) is 1.03. The fourth-order valence-electron chi connectivity index (χ4n) is 1.03. The van der Waals surface area contributed by atoms with Crippen LogP contribution in [0.15, 0.2) is 0 Å². The maximum Gasteiger partial charge on any atom is 0.0833 e. The Morgan fingerprint density at radius 3 is 2.00 bits per heavy atom. The molecule has 86 valence electrons. The lowest BCUT2D eigenvalue weighted by atomic mass is 10.2. The molecular formula is C10H24N2O2. The Hall–Kier alpha value is -0.160. The third kappa shape index (κ3) is 6.32. The van der Waals surface area contributed by atoms with Crippen molar-refractivity contribution in [3.8, 4) is 0 Å². The second-order valence-electron chi connectivity index (χ2n) is 4.49. The van der Waals surface area contributed by atoms with Crippen LogP contribution >= 0.6 is 0 Å². The molecule has 0 atom stereocenters. The standard InChI is InChI=1S/C10H24N2O2/c1-8-12(13-9(2)3)11(7)14-10(4,5)6/h9H,8H2,1-7H3. The number of hydrogen-bond donors (Lipinski definition) is 0. The van der Waals surface area contributed by atoms with Crippen molar-refractivity contribution in [2.45, 2.75) is 53.2 Å². The van der Waals surface area contributed by atoms with E-state index in [9.17, 15) is 0 Å². The molecule has 0 unspecified atom stereocenters. The van der Waals surface area contributed by atoms with Crippen molar-refractivity contribution in [3.05, 3.63) is 0 Å². The van der Waals surface area contributed by atoms with Crippen molar-refractivity contribution in [2.75, 3.05) is 13.6 Å². The first-order chi connectivity index (χ1) is 6.26. The SMILES string of the molecule is CCN(OC(C)C)N(C)OC(C)(C)C. The summed E-state index contributed by atoms with van der Waals surface area (Å²) in [5, 5.41) is 3.34. The minimum absolute atomic E-state index is 0.154. The van der Waals surface area contributed by atoms with Gasteiger partial charge in [-0.3, -0.25) is 9.68 Å². The zero-order valence-corrected chi connectivity index (χ0v) is 10.5. The monoisotopic (exact) mass is 204 g/mol. The van der Waals surface area contributed by atoms with Crippen LogP contribution < -0.4 is 0 Å². The van der Waals surface area contributed by atoms with Gasteiger partial charge in [0, 0.05) is 13.6 Å². The summed E-state index contributed by atoms with van der Waals surface area (Å²) < 4.78 is 0.